The quantitative estimate of drug-likeness (QED) is 0.761. The SMILES string of the molecule is CCc1cccc(Sc2ccc(CC[C@@](C)(N)CO)c(Cl)c2)c1. The van der Waals surface area contributed by atoms with Gasteiger partial charge in [0.25, 0.3) is 0 Å². The first-order chi connectivity index (χ1) is 10.9. The summed E-state index contributed by atoms with van der Waals surface area (Å²) in [6.45, 7) is 3.99. The lowest BCUT2D eigenvalue weighted by molar-refractivity contribution is 0.200. The molecule has 2 aromatic rings. The Balaban J connectivity index is 2.06. The maximum atomic E-state index is 9.23. The molecule has 2 rings (SSSR count). The second-order valence-electron chi connectivity index (χ2n) is 6.17. The van der Waals surface area contributed by atoms with Crippen LogP contribution in [0.3, 0.4) is 0 Å². The van der Waals surface area contributed by atoms with Gasteiger partial charge < -0.3 is 10.8 Å². The van der Waals surface area contributed by atoms with Crippen molar-refractivity contribution in [2.75, 3.05) is 6.61 Å². The fourth-order valence-corrected chi connectivity index (χ4v) is 3.54. The first-order valence-corrected chi connectivity index (χ1v) is 9.08. The van der Waals surface area contributed by atoms with Crippen molar-refractivity contribution in [1.29, 1.82) is 0 Å². The monoisotopic (exact) mass is 349 g/mol. The molecular weight excluding hydrogens is 326 g/mol. The Morgan fingerprint density at radius 1 is 1.17 bits per heavy atom. The Morgan fingerprint density at radius 3 is 2.57 bits per heavy atom. The standard InChI is InChI=1S/C19H24ClNOS/c1-3-14-5-4-6-16(11-14)23-17-8-7-15(18(20)12-17)9-10-19(2,21)13-22/h4-8,11-12,22H,3,9-10,13,21H2,1-2H3/t19-/m1/s1. The van der Waals surface area contributed by atoms with E-state index in [9.17, 15) is 5.11 Å². The van der Waals surface area contributed by atoms with Gasteiger partial charge >= 0.3 is 0 Å². The lowest BCUT2D eigenvalue weighted by Crippen LogP contribution is -2.40. The molecule has 0 aliphatic heterocycles. The van der Waals surface area contributed by atoms with Gasteiger partial charge in [-0.15, -0.1) is 0 Å². The fraction of sp³-hybridized carbons (Fsp3) is 0.368. The van der Waals surface area contributed by atoms with E-state index in [0.29, 0.717) is 6.42 Å². The number of rotatable bonds is 7. The van der Waals surface area contributed by atoms with E-state index >= 15 is 0 Å². The zero-order valence-electron chi connectivity index (χ0n) is 13.7. The second-order valence-corrected chi connectivity index (χ2v) is 7.72. The van der Waals surface area contributed by atoms with Crippen molar-refractivity contribution < 1.29 is 5.11 Å². The highest BCUT2D eigenvalue weighted by Gasteiger charge is 2.17. The Labute approximate surface area is 148 Å². The van der Waals surface area contributed by atoms with E-state index in [0.717, 1.165) is 28.3 Å². The van der Waals surface area contributed by atoms with Crippen LogP contribution in [0.4, 0.5) is 0 Å². The Bertz CT molecular complexity index is 658. The third kappa shape index (κ3) is 5.54. The number of aryl methyl sites for hydroxylation is 2. The van der Waals surface area contributed by atoms with Crippen molar-refractivity contribution in [2.24, 2.45) is 5.73 Å². The van der Waals surface area contributed by atoms with Gasteiger partial charge in [-0.25, -0.2) is 0 Å². The first-order valence-electron chi connectivity index (χ1n) is 7.88. The molecule has 0 spiro atoms. The van der Waals surface area contributed by atoms with Crippen LogP contribution in [-0.4, -0.2) is 17.3 Å². The minimum atomic E-state index is -0.558. The zero-order valence-corrected chi connectivity index (χ0v) is 15.3. The van der Waals surface area contributed by atoms with E-state index in [2.05, 4.69) is 43.3 Å². The van der Waals surface area contributed by atoms with E-state index in [1.165, 1.54) is 10.5 Å². The maximum absolute atomic E-state index is 9.23. The molecule has 0 aromatic heterocycles. The summed E-state index contributed by atoms with van der Waals surface area (Å²) in [7, 11) is 0. The van der Waals surface area contributed by atoms with Crippen molar-refractivity contribution in [3.8, 4) is 0 Å². The summed E-state index contributed by atoms with van der Waals surface area (Å²) >= 11 is 8.13. The van der Waals surface area contributed by atoms with E-state index < -0.39 is 5.54 Å². The molecular formula is C19H24ClNOS. The van der Waals surface area contributed by atoms with Gasteiger partial charge in [-0.1, -0.05) is 48.5 Å². The number of halogens is 1. The number of benzene rings is 2. The average molecular weight is 350 g/mol. The molecule has 0 radical (unpaired) electrons. The molecule has 0 unspecified atom stereocenters. The van der Waals surface area contributed by atoms with Crippen molar-refractivity contribution in [3.63, 3.8) is 0 Å². The summed E-state index contributed by atoms with van der Waals surface area (Å²) in [5.41, 5.74) is 7.83. The number of hydrogen-bond acceptors (Lipinski definition) is 3. The average Bonchev–Trinajstić information content (AvgIpc) is 2.54. The molecule has 1 atom stereocenters. The van der Waals surface area contributed by atoms with Crippen LogP contribution in [0.25, 0.3) is 0 Å². The van der Waals surface area contributed by atoms with Gasteiger partial charge in [-0.2, -0.15) is 0 Å². The minimum Gasteiger partial charge on any atom is -0.394 e. The van der Waals surface area contributed by atoms with E-state index in [4.69, 9.17) is 17.3 Å². The van der Waals surface area contributed by atoms with E-state index in [1.54, 1.807) is 11.8 Å². The van der Waals surface area contributed by atoms with Crippen LogP contribution in [0.1, 0.15) is 31.4 Å². The number of nitrogens with two attached hydrogens (primary N) is 1. The molecule has 4 heteroatoms. The lowest BCUT2D eigenvalue weighted by Gasteiger charge is -2.21. The molecule has 23 heavy (non-hydrogen) atoms. The third-order valence-corrected chi connectivity index (χ3v) is 5.22. The number of hydrogen-bond donors (Lipinski definition) is 2. The van der Waals surface area contributed by atoms with Crippen molar-refractivity contribution in [3.05, 3.63) is 58.6 Å². The topological polar surface area (TPSA) is 46.2 Å². The largest absolute Gasteiger partial charge is 0.394 e. The number of aliphatic hydroxyl groups excluding tert-OH is 1. The van der Waals surface area contributed by atoms with Gasteiger partial charge in [-0.05, 0) is 61.6 Å². The summed E-state index contributed by atoms with van der Waals surface area (Å²) < 4.78 is 0. The molecule has 0 fully saturated rings. The van der Waals surface area contributed by atoms with Crippen LogP contribution < -0.4 is 5.73 Å². The van der Waals surface area contributed by atoms with Gasteiger partial charge in [0, 0.05) is 20.4 Å². The van der Waals surface area contributed by atoms with E-state index in [1.807, 2.05) is 13.0 Å². The third-order valence-electron chi connectivity index (χ3n) is 3.89. The number of aliphatic hydroxyl groups is 1. The molecule has 0 heterocycles. The van der Waals surface area contributed by atoms with Crippen molar-refractivity contribution in [2.45, 2.75) is 48.4 Å². The van der Waals surface area contributed by atoms with Gasteiger partial charge in [-0.3, -0.25) is 0 Å². The summed E-state index contributed by atoms with van der Waals surface area (Å²) in [5.74, 6) is 0. The van der Waals surface area contributed by atoms with Crippen LogP contribution in [0.2, 0.25) is 5.02 Å². The highest BCUT2D eigenvalue weighted by atomic mass is 35.5. The predicted molar refractivity (Wildman–Crippen MR) is 99.4 cm³/mol. The molecule has 0 saturated carbocycles. The van der Waals surface area contributed by atoms with Gasteiger partial charge in [0.05, 0.1) is 6.61 Å². The maximum Gasteiger partial charge on any atom is 0.0608 e. The summed E-state index contributed by atoms with van der Waals surface area (Å²) in [6, 6.07) is 14.7. The summed E-state index contributed by atoms with van der Waals surface area (Å²) in [5, 5.41) is 9.99. The molecule has 0 aliphatic carbocycles. The molecule has 0 aliphatic rings. The summed E-state index contributed by atoms with van der Waals surface area (Å²) in [4.78, 5) is 2.35. The Morgan fingerprint density at radius 2 is 1.91 bits per heavy atom. The van der Waals surface area contributed by atoms with Gasteiger partial charge in [0.1, 0.15) is 0 Å². The fourth-order valence-electron chi connectivity index (χ4n) is 2.26. The first kappa shape index (κ1) is 18.3. The lowest BCUT2D eigenvalue weighted by atomic mass is 9.95. The van der Waals surface area contributed by atoms with Crippen LogP contribution in [0, 0.1) is 0 Å². The molecule has 124 valence electrons. The molecule has 3 N–H and O–H groups in total. The molecule has 0 amide bonds. The van der Waals surface area contributed by atoms with Gasteiger partial charge in [0.2, 0.25) is 0 Å². The smallest absolute Gasteiger partial charge is 0.0608 e. The van der Waals surface area contributed by atoms with Crippen molar-refractivity contribution >= 4 is 23.4 Å². The zero-order chi connectivity index (χ0) is 16.9. The highest BCUT2D eigenvalue weighted by molar-refractivity contribution is 7.99. The van der Waals surface area contributed by atoms with Crippen molar-refractivity contribution in [1.82, 2.24) is 0 Å². The van der Waals surface area contributed by atoms with Crippen LogP contribution in [0.5, 0.6) is 0 Å². The Kier molecular flexibility index (Phi) is 6.54. The summed E-state index contributed by atoms with van der Waals surface area (Å²) in [6.07, 6.45) is 2.51. The van der Waals surface area contributed by atoms with Crippen LogP contribution in [0.15, 0.2) is 52.3 Å². The molecule has 0 saturated heterocycles. The molecule has 2 nitrogen and oxygen atoms in total. The highest BCUT2D eigenvalue weighted by Crippen LogP contribution is 2.32. The Hall–Kier alpha value is -1.00. The van der Waals surface area contributed by atoms with Gasteiger partial charge in [0.15, 0.2) is 0 Å². The minimum absolute atomic E-state index is 0.0215. The molecule has 0 bridgehead atoms. The second kappa shape index (κ2) is 8.20. The predicted octanol–water partition coefficient (Wildman–Crippen LogP) is 4.70. The molecule has 2 aromatic carbocycles. The van der Waals surface area contributed by atoms with Crippen LogP contribution in [-0.2, 0) is 12.8 Å². The van der Waals surface area contributed by atoms with Crippen LogP contribution >= 0.6 is 23.4 Å². The van der Waals surface area contributed by atoms with E-state index in [-0.39, 0.29) is 6.61 Å². The normalized spacial score (nSPS) is 13.8.